The van der Waals surface area contributed by atoms with Crippen LogP contribution in [-0.4, -0.2) is 34.7 Å². The molecule has 1 aliphatic rings. The number of hydrogen-bond acceptors (Lipinski definition) is 3. The van der Waals surface area contributed by atoms with Crippen LogP contribution >= 0.6 is 0 Å². The Morgan fingerprint density at radius 1 is 0.742 bits per heavy atom. The Bertz CT molecular complexity index is 837. The predicted octanol–water partition coefficient (Wildman–Crippen LogP) is 4.80. The minimum Gasteiger partial charge on any atom is -0.390 e. The maximum atomic E-state index is 11.6. The molecule has 0 unspecified atom stereocenters. The Morgan fingerprint density at radius 3 is 1.74 bits per heavy atom. The first kappa shape index (κ1) is 21.8. The van der Waals surface area contributed by atoms with Crippen molar-refractivity contribution in [1.29, 1.82) is 0 Å². The molecule has 0 aliphatic carbocycles. The second-order valence-electron chi connectivity index (χ2n) is 8.68. The van der Waals surface area contributed by atoms with Crippen molar-refractivity contribution in [2.24, 2.45) is 0 Å². The first-order chi connectivity index (χ1) is 15.3. The molecule has 2 N–H and O–H groups in total. The molecule has 3 atom stereocenters. The van der Waals surface area contributed by atoms with Crippen LogP contribution in [0.5, 0.6) is 0 Å². The van der Waals surface area contributed by atoms with E-state index in [1.54, 1.807) is 0 Å². The van der Waals surface area contributed by atoms with Gasteiger partial charge in [-0.05, 0) is 42.5 Å². The molecule has 3 nitrogen and oxygen atoms in total. The summed E-state index contributed by atoms with van der Waals surface area (Å²) in [4.78, 5) is 2.47. The maximum absolute atomic E-state index is 11.6. The lowest BCUT2D eigenvalue weighted by atomic mass is 9.90. The van der Waals surface area contributed by atoms with Crippen LogP contribution in [0.25, 0.3) is 0 Å². The van der Waals surface area contributed by atoms with E-state index in [0.29, 0.717) is 0 Å². The Labute approximate surface area is 186 Å². The quantitative estimate of drug-likeness (QED) is 0.528. The third-order valence-corrected chi connectivity index (χ3v) is 6.37. The minimum absolute atomic E-state index is 0.0263. The van der Waals surface area contributed by atoms with E-state index in [4.69, 9.17) is 0 Å². The lowest BCUT2D eigenvalue weighted by Gasteiger charge is -2.40. The lowest BCUT2D eigenvalue weighted by molar-refractivity contribution is 0.00918. The highest BCUT2D eigenvalue weighted by atomic mass is 16.3. The minimum atomic E-state index is -0.423. The van der Waals surface area contributed by atoms with Crippen LogP contribution in [0.15, 0.2) is 91.0 Å². The Kier molecular flexibility index (Phi) is 7.89. The molecule has 0 radical (unpaired) electrons. The molecular formula is C28H34N2O. The molecule has 0 bridgehead atoms. The summed E-state index contributed by atoms with van der Waals surface area (Å²) in [6.07, 6.45) is 3.83. The highest BCUT2D eigenvalue weighted by Gasteiger charge is 2.33. The molecule has 162 valence electrons. The zero-order chi connectivity index (χ0) is 21.3. The normalized spacial score (nSPS) is 18.6. The molecule has 4 rings (SSSR count). The van der Waals surface area contributed by atoms with Crippen molar-refractivity contribution in [3.63, 3.8) is 0 Å². The Balaban J connectivity index is 1.64. The van der Waals surface area contributed by atoms with Crippen LogP contribution in [-0.2, 0) is 19.5 Å². The van der Waals surface area contributed by atoms with Crippen LogP contribution in [0.3, 0.4) is 0 Å². The fraction of sp³-hybridized carbons (Fsp3) is 0.357. The predicted molar refractivity (Wildman–Crippen MR) is 128 cm³/mol. The van der Waals surface area contributed by atoms with Gasteiger partial charge in [-0.3, -0.25) is 4.90 Å². The Hall–Kier alpha value is -2.46. The van der Waals surface area contributed by atoms with Gasteiger partial charge in [-0.25, -0.2) is 0 Å². The van der Waals surface area contributed by atoms with Gasteiger partial charge in [-0.2, -0.15) is 0 Å². The summed E-state index contributed by atoms with van der Waals surface area (Å²) in [5, 5.41) is 15.2. The van der Waals surface area contributed by atoms with Gasteiger partial charge in [0.2, 0.25) is 0 Å². The molecule has 0 spiro atoms. The van der Waals surface area contributed by atoms with Crippen molar-refractivity contribution in [1.82, 2.24) is 10.2 Å². The highest BCUT2D eigenvalue weighted by molar-refractivity contribution is 5.20. The van der Waals surface area contributed by atoms with E-state index >= 15 is 0 Å². The number of aliphatic hydroxyl groups excluding tert-OH is 1. The number of piperidine rings is 1. The van der Waals surface area contributed by atoms with Gasteiger partial charge in [0.25, 0.3) is 0 Å². The molecule has 3 aromatic carbocycles. The van der Waals surface area contributed by atoms with Gasteiger partial charge in [-0.1, -0.05) is 97.4 Å². The number of rotatable bonds is 9. The molecular weight excluding hydrogens is 380 g/mol. The smallest absolute Gasteiger partial charge is 0.0851 e. The third-order valence-electron chi connectivity index (χ3n) is 6.37. The summed E-state index contributed by atoms with van der Waals surface area (Å²) < 4.78 is 0. The van der Waals surface area contributed by atoms with Crippen molar-refractivity contribution < 1.29 is 5.11 Å². The van der Waals surface area contributed by atoms with Crippen LogP contribution in [0.2, 0.25) is 0 Å². The zero-order valence-corrected chi connectivity index (χ0v) is 18.2. The average molecular weight is 415 g/mol. The summed E-state index contributed by atoms with van der Waals surface area (Å²) in [6.45, 7) is 2.63. The monoisotopic (exact) mass is 414 g/mol. The molecule has 0 aromatic heterocycles. The van der Waals surface area contributed by atoms with Crippen LogP contribution < -0.4 is 5.32 Å². The second-order valence-corrected chi connectivity index (χ2v) is 8.68. The molecule has 1 heterocycles. The molecule has 0 saturated carbocycles. The first-order valence-electron chi connectivity index (χ1n) is 11.6. The van der Waals surface area contributed by atoms with Gasteiger partial charge in [0.1, 0.15) is 0 Å². The number of hydrogen-bond donors (Lipinski definition) is 2. The first-order valence-corrected chi connectivity index (χ1v) is 11.6. The fourth-order valence-corrected chi connectivity index (χ4v) is 4.69. The number of aliphatic hydroxyl groups is 1. The van der Waals surface area contributed by atoms with E-state index in [1.807, 2.05) is 0 Å². The lowest BCUT2D eigenvalue weighted by Crippen LogP contribution is -2.54. The second kappa shape index (κ2) is 11.2. The number of nitrogens with one attached hydrogen (secondary N) is 1. The van der Waals surface area contributed by atoms with Crippen molar-refractivity contribution in [2.45, 2.75) is 57.0 Å². The van der Waals surface area contributed by atoms with Gasteiger partial charge < -0.3 is 10.4 Å². The van der Waals surface area contributed by atoms with Gasteiger partial charge in [0.05, 0.1) is 6.10 Å². The van der Waals surface area contributed by atoms with E-state index in [1.165, 1.54) is 29.5 Å². The summed E-state index contributed by atoms with van der Waals surface area (Å²) in [7, 11) is 0. The fourth-order valence-electron chi connectivity index (χ4n) is 4.69. The highest BCUT2D eigenvalue weighted by Crippen LogP contribution is 2.23. The van der Waals surface area contributed by atoms with Gasteiger partial charge >= 0.3 is 0 Å². The molecule has 1 saturated heterocycles. The zero-order valence-electron chi connectivity index (χ0n) is 18.2. The van der Waals surface area contributed by atoms with Crippen molar-refractivity contribution >= 4 is 0 Å². The summed E-state index contributed by atoms with van der Waals surface area (Å²) in [5.74, 6) is 0. The molecule has 1 fully saturated rings. The standard InChI is InChI=1S/C28H34N2O/c31-28(26-18-10-11-19-29-26)27(20-23-12-4-1-5-13-23)30(21-24-14-6-2-7-15-24)22-25-16-8-3-9-17-25/h1-9,12-17,26-29,31H,10-11,18-22H2/t26-,27-,28+/m0/s1. The Morgan fingerprint density at radius 2 is 1.26 bits per heavy atom. The summed E-state index contributed by atoms with van der Waals surface area (Å²) in [6, 6.07) is 32.0. The summed E-state index contributed by atoms with van der Waals surface area (Å²) >= 11 is 0. The third kappa shape index (κ3) is 6.27. The van der Waals surface area contributed by atoms with Crippen LogP contribution in [0.1, 0.15) is 36.0 Å². The van der Waals surface area contributed by atoms with Crippen molar-refractivity contribution in [3.05, 3.63) is 108 Å². The largest absolute Gasteiger partial charge is 0.390 e. The van der Waals surface area contributed by atoms with Gasteiger partial charge in [0, 0.05) is 25.2 Å². The van der Waals surface area contributed by atoms with Gasteiger partial charge in [-0.15, -0.1) is 0 Å². The molecule has 0 amide bonds. The van der Waals surface area contributed by atoms with E-state index < -0.39 is 6.10 Å². The summed E-state index contributed by atoms with van der Waals surface area (Å²) in [5.41, 5.74) is 3.83. The van der Waals surface area contributed by atoms with Crippen LogP contribution in [0.4, 0.5) is 0 Å². The van der Waals surface area contributed by atoms with E-state index in [2.05, 4.69) is 101 Å². The number of nitrogens with zero attached hydrogens (tertiary/aromatic N) is 1. The van der Waals surface area contributed by atoms with E-state index in [0.717, 1.165) is 32.5 Å². The van der Waals surface area contributed by atoms with Gasteiger partial charge in [0.15, 0.2) is 0 Å². The average Bonchev–Trinajstić information content (AvgIpc) is 2.84. The molecule has 3 heteroatoms. The molecule has 3 aromatic rings. The van der Waals surface area contributed by atoms with Crippen molar-refractivity contribution in [3.8, 4) is 0 Å². The molecule has 31 heavy (non-hydrogen) atoms. The van der Waals surface area contributed by atoms with Crippen LogP contribution in [0, 0.1) is 0 Å². The molecule has 1 aliphatic heterocycles. The maximum Gasteiger partial charge on any atom is 0.0851 e. The van der Waals surface area contributed by atoms with E-state index in [9.17, 15) is 5.11 Å². The van der Waals surface area contributed by atoms with Crippen molar-refractivity contribution in [2.75, 3.05) is 6.54 Å². The topological polar surface area (TPSA) is 35.5 Å². The number of benzene rings is 3. The van der Waals surface area contributed by atoms with E-state index in [-0.39, 0.29) is 12.1 Å². The SMILES string of the molecule is O[C@H]([C@@H]1CCCCN1)[C@H](Cc1ccccc1)N(Cc1ccccc1)Cc1ccccc1.